The van der Waals surface area contributed by atoms with Gasteiger partial charge in [-0.3, -0.25) is 4.90 Å². The molecule has 0 unspecified atom stereocenters. The van der Waals surface area contributed by atoms with Crippen molar-refractivity contribution in [2.45, 2.75) is 6.54 Å². The fourth-order valence-electron chi connectivity index (χ4n) is 2.03. The van der Waals surface area contributed by atoms with E-state index in [9.17, 15) is 4.79 Å². The van der Waals surface area contributed by atoms with Crippen LogP contribution in [-0.4, -0.2) is 42.2 Å². The van der Waals surface area contributed by atoms with Crippen molar-refractivity contribution in [3.63, 3.8) is 0 Å². The molecule has 0 bridgehead atoms. The molecule has 0 aliphatic carbocycles. The zero-order valence-corrected chi connectivity index (χ0v) is 10.3. The van der Waals surface area contributed by atoms with Crippen LogP contribution in [0.1, 0.15) is 11.1 Å². The van der Waals surface area contributed by atoms with Gasteiger partial charge in [0.1, 0.15) is 0 Å². The summed E-state index contributed by atoms with van der Waals surface area (Å²) in [5, 5.41) is 11.9. The lowest BCUT2D eigenvalue weighted by Crippen LogP contribution is -2.42. The number of nitrogens with one attached hydrogen (secondary N) is 1. The fraction of sp³-hybridized carbons (Fsp3) is 0.357. The van der Waals surface area contributed by atoms with Crippen LogP contribution in [0.3, 0.4) is 0 Å². The van der Waals surface area contributed by atoms with E-state index in [-0.39, 0.29) is 0 Å². The highest BCUT2D eigenvalue weighted by Gasteiger charge is 2.09. The molecular weight excluding hydrogens is 228 g/mol. The third-order valence-corrected chi connectivity index (χ3v) is 3.01. The molecule has 0 radical (unpaired) electrons. The topological polar surface area (TPSA) is 52.6 Å². The lowest BCUT2D eigenvalue weighted by Gasteiger charge is -2.27. The van der Waals surface area contributed by atoms with Crippen molar-refractivity contribution in [3.05, 3.63) is 41.5 Å². The molecule has 18 heavy (non-hydrogen) atoms. The molecule has 0 amide bonds. The number of hydrogen-bond acceptors (Lipinski definition) is 3. The van der Waals surface area contributed by atoms with E-state index in [1.54, 1.807) is 6.08 Å². The number of aliphatic carboxylic acids is 1. The van der Waals surface area contributed by atoms with Crippen LogP contribution in [-0.2, 0) is 11.3 Å². The van der Waals surface area contributed by atoms with E-state index in [1.807, 2.05) is 12.1 Å². The quantitative estimate of drug-likeness (QED) is 0.784. The Bertz CT molecular complexity index is 420. The summed E-state index contributed by atoms with van der Waals surface area (Å²) in [5.41, 5.74) is 2.19. The molecule has 1 aromatic carbocycles. The number of benzene rings is 1. The van der Waals surface area contributed by atoms with E-state index in [0.717, 1.165) is 44.4 Å². The zero-order valence-electron chi connectivity index (χ0n) is 10.3. The van der Waals surface area contributed by atoms with E-state index >= 15 is 0 Å². The van der Waals surface area contributed by atoms with Crippen molar-refractivity contribution >= 4 is 12.0 Å². The second kappa shape index (κ2) is 6.33. The van der Waals surface area contributed by atoms with E-state index in [2.05, 4.69) is 22.3 Å². The van der Waals surface area contributed by atoms with Gasteiger partial charge in [0.15, 0.2) is 0 Å². The average molecular weight is 246 g/mol. The number of nitrogens with zero attached hydrogens (tertiary/aromatic N) is 1. The molecule has 1 aromatic rings. The van der Waals surface area contributed by atoms with Gasteiger partial charge in [0.2, 0.25) is 0 Å². The number of carboxylic acids is 1. The smallest absolute Gasteiger partial charge is 0.328 e. The van der Waals surface area contributed by atoms with Gasteiger partial charge in [-0.15, -0.1) is 0 Å². The third kappa shape index (κ3) is 3.98. The summed E-state index contributed by atoms with van der Waals surface area (Å²) in [5.74, 6) is -0.917. The second-order valence-electron chi connectivity index (χ2n) is 4.44. The number of piperazine rings is 1. The van der Waals surface area contributed by atoms with Crippen LogP contribution in [0.5, 0.6) is 0 Å². The SMILES string of the molecule is O=C(O)/C=C/c1ccc(CN2CCNCC2)cc1. The number of hydrogen-bond donors (Lipinski definition) is 2. The van der Waals surface area contributed by atoms with E-state index in [4.69, 9.17) is 5.11 Å². The van der Waals surface area contributed by atoms with Gasteiger partial charge in [0.25, 0.3) is 0 Å². The maximum absolute atomic E-state index is 10.4. The Morgan fingerprint density at radius 1 is 1.28 bits per heavy atom. The third-order valence-electron chi connectivity index (χ3n) is 3.01. The first kappa shape index (κ1) is 12.8. The zero-order chi connectivity index (χ0) is 12.8. The predicted octanol–water partition coefficient (Wildman–Crippen LogP) is 1.19. The van der Waals surface area contributed by atoms with Crippen molar-refractivity contribution in [1.29, 1.82) is 0 Å². The predicted molar refractivity (Wildman–Crippen MR) is 71.3 cm³/mol. The van der Waals surface area contributed by atoms with Crippen LogP contribution in [0, 0.1) is 0 Å². The standard InChI is InChI=1S/C14H18N2O2/c17-14(18)6-5-12-1-3-13(4-2-12)11-16-9-7-15-8-10-16/h1-6,15H,7-11H2,(H,17,18)/b6-5+. The highest BCUT2D eigenvalue weighted by atomic mass is 16.4. The van der Waals surface area contributed by atoms with Crippen LogP contribution in [0.25, 0.3) is 6.08 Å². The molecule has 1 aliphatic heterocycles. The van der Waals surface area contributed by atoms with Gasteiger partial charge in [-0.25, -0.2) is 4.79 Å². The highest BCUT2D eigenvalue weighted by molar-refractivity contribution is 5.85. The van der Waals surface area contributed by atoms with Gasteiger partial charge in [-0.2, -0.15) is 0 Å². The monoisotopic (exact) mass is 246 g/mol. The Morgan fingerprint density at radius 3 is 2.56 bits per heavy atom. The molecule has 96 valence electrons. The largest absolute Gasteiger partial charge is 0.478 e. The summed E-state index contributed by atoms with van der Waals surface area (Å²) < 4.78 is 0. The normalized spacial score (nSPS) is 17.1. The molecule has 0 aromatic heterocycles. The van der Waals surface area contributed by atoms with Gasteiger partial charge < -0.3 is 10.4 Å². The summed E-state index contributed by atoms with van der Waals surface area (Å²) in [6.45, 7) is 5.24. The van der Waals surface area contributed by atoms with E-state index in [1.165, 1.54) is 5.56 Å². The van der Waals surface area contributed by atoms with Crippen molar-refractivity contribution in [2.24, 2.45) is 0 Å². The highest BCUT2D eigenvalue weighted by Crippen LogP contribution is 2.09. The van der Waals surface area contributed by atoms with Gasteiger partial charge in [-0.1, -0.05) is 24.3 Å². The molecule has 1 aliphatic rings. The molecule has 2 N–H and O–H groups in total. The number of rotatable bonds is 4. The summed E-state index contributed by atoms with van der Waals surface area (Å²) in [4.78, 5) is 12.8. The van der Waals surface area contributed by atoms with Gasteiger partial charge in [-0.05, 0) is 17.2 Å². The first-order valence-electron chi connectivity index (χ1n) is 6.17. The Kier molecular flexibility index (Phi) is 4.50. The first-order chi connectivity index (χ1) is 8.74. The van der Waals surface area contributed by atoms with Crippen LogP contribution in [0.4, 0.5) is 0 Å². The van der Waals surface area contributed by atoms with Gasteiger partial charge in [0.05, 0.1) is 0 Å². The molecule has 1 heterocycles. The Morgan fingerprint density at radius 2 is 1.94 bits per heavy atom. The summed E-state index contributed by atoms with van der Waals surface area (Å²) in [6.07, 6.45) is 2.77. The molecule has 4 heteroatoms. The number of carboxylic acid groups (broad SMARTS) is 1. The Labute approximate surface area is 107 Å². The summed E-state index contributed by atoms with van der Waals surface area (Å²) in [6, 6.07) is 8.03. The average Bonchev–Trinajstić information content (AvgIpc) is 2.39. The summed E-state index contributed by atoms with van der Waals surface area (Å²) in [7, 11) is 0. The van der Waals surface area contributed by atoms with Crippen molar-refractivity contribution in [3.8, 4) is 0 Å². The summed E-state index contributed by atoms with van der Waals surface area (Å²) >= 11 is 0. The molecule has 2 rings (SSSR count). The minimum atomic E-state index is -0.917. The Hall–Kier alpha value is -1.65. The van der Waals surface area contributed by atoms with Crippen molar-refractivity contribution in [1.82, 2.24) is 10.2 Å². The molecule has 4 nitrogen and oxygen atoms in total. The molecule has 1 fully saturated rings. The first-order valence-corrected chi connectivity index (χ1v) is 6.17. The van der Waals surface area contributed by atoms with Crippen molar-refractivity contribution in [2.75, 3.05) is 26.2 Å². The molecular formula is C14H18N2O2. The lowest BCUT2D eigenvalue weighted by atomic mass is 10.1. The van der Waals surface area contributed by atoms with Crippen molar-refractivity contribution < 1.29 is 9.90 Å². The lowest BCUT2D eigenvalue weighted by molar-refractivity contribution is -0.131. The maximum atomic E-state index is 10.4. The minimum absolute atomic E-state index is 0.917. The van der Waals surface area contributed by atoms with Gasteiger partial charge in [0, 0.05) is 38.8 Å². The number of carbonyl (C=O) groups is 1. The maximum Gasteiger partial charge on any atom is 0.328 e. The molecule has 0 saturated carbocycles. The second-order valence-corrected chi connectivity index (χ2v) is 4.44. The molecule has 0 spiro atoms. The minimum Gasteiger partial charge on any atom is -0.478 e. The van der Waals surface area contributed by atoms with Crippen LogP contribution >= 0.6 is 0 Å². The van der Waals surface area contributed by atoms with E-state index < -0.39 is 5.97 Å². The van der Waals surface area contributed by atoms with Crippen LogP contribution in [0.15, 0.2) is 30.3 Å². The fourth-order valence-corrected chi connectivity index (χ4v) is 2.03. The Balaban J connectivity index is 1.92. The van der Waals surface area contributed by atoms with Crippen LogP contribution in [0.2, 0.25) is 0 Å². The van der Waals surface area contributed by atoms with Crippen LogP contribution < -0.4 is 5.32 Å². The van der Waals surface area contributed by atoms with Gasteiger partial charge >= 0.3 is 5.97 Å². The molecule has 0 atom stereocenters. The molecule has 1 saturated heterocycles. The van der Waals surface area contributed by atoms with E-state index in [0.29, 0.717) is 0 Å².